The molecule has 5 heteroatoms. The number of fused-ring (bicyclic) bond motifs is 1. The minimum Gasteiger partial charge on any atom is -0.422 e. The molecule has 0 saturated carbocycles. The molecule has 1 aliphatic rings. The molecule has 0 unspecified atom stereocenters. The average Bonchev–Trinajstić information content (AvgIpc) is 3.38. The second-order valence-corrected chi connectivity index (χ2v) is 7.43. The largest absolute Gasteiger partial charge is 0.422 e. The maximum atomic E-state index is 12.6. The summed E-state index contributed by atoms with van der Waals surface area (Å²) in [6.45, 7) is 0. The Bertz CT molecular complexity index is 1180. The van der Waals surface area contributed by atoms with E-state index in [9.17, 15) is 4.79 Å². The molecule has 0 aliphatic carbocycles. The van der Waals surface area contributed by atoms with Crippen LogP contribution in [0.2, 0.25) is 0 Å². The Labute approximate surface area is 160 Å². The number of para-hydroxylation sites is 2. The summed E-state index contributed by atoms with van der Waals surface area (Å²) in [4.78, 5) is 13.8. The summed E-state index contributed by atoms with van der Waals surface area (Å²) in [5.41, 5.74) is 2.56. The summed E-state index contributed by atoms with van der Waals surface area (Å²) >= 11 is 1.71. The third-order valence-electron chi connectivity index (χ3n) is 4.76. The van der Waals surface area contributed by atoms with Gasteiger partial charge in [-0.1, -0.05) is 42.5 Å². The second-order valence-electron chi connectivity index (χ2n) is 6.45. The van der Waals surface area contributed by atoms with Crippen LogP contribution in [0.1, 0.15) is 22.9 Å². The van der Waals surface area contributed by atoms with Gasteiger partial charge in [0.25, 0.3) is 0 Å². The lowest BCUT2D eigenvalue weighted by Gasteiger charge is -2.22. The first-order chi connectivity index (χ1) is 13.3. The number of hydrogen-bond acceptors (Lipinski definition) is 5. The van der Waals surface area contributed by atoms with E-state index in [0.29, 0.717) is 17.6 Å². The van der Waals surface area contributed by atoms with Crippen molar-refractivity contribution in [2.75, 3.05) is 5.01 Å². The Morgan fingerprint density at radius 1 is 1.00 bits per heavy atom. The molecule has 4 aromatic rings. The SMILES string of the molecule is O=c1oc2ccccc2cc1C1=NN(c2ccccc2)[C@@H](c2cccs2)C1. The lowest BCUT2D eigenvalue weighted by atomic mass is 10.0. The fourth-order valence-corrected chi connectivity index (χ4v) is 4.27. The van der Waals surface area contributed by atoms with Crippen LogP contribution in [0.25, 0.3) is 11.0 Å². The zero-order valence-corrected chi connectivity index (χ0v) is 15.2. The minimum atomic E-state index is -0.340. The Morgan fingerprint density at radius 3 is 2.63 bits per heavy atom. The molecule has 0 N–H and O–H groups in total. The highest BCUT2D eigenvalue weighted by Gasteiger charge is 2.31. The van der Waals surface area contributed by atoms with Crippen molar-refractivity contribution in [3.63, 3.8) is 0 Å². The van der Waals surface area contributed by atoms with Crippen molar-refractivity contribution in [1.29, 1.82) is 0 Å². The lowest BCUT2D eigenvalue weighted by Crippen LogP contribution is -2.17. The van der Waals surface area contributed by atoms with Crippen molar-refractivity contribution >= 4 is 33.7 Å². The van der Waals surface area contributed by atoms with Crippen LogP contribution >= 0.6 is 11.3 Å². The molecule has 132 valence electrons. The zero-order chi connectivity index (χ0) is 18.2. The standard InChI is InChI=1S/C22H16N2O2S/c25-22-17(13-15-7-4-5-10-20(15)26-22)18-14-19(21-11-6-12-27-21)24(23-18)16-8-2-1-3-9-16/h1-13,19H,14H2/t19-/m1/s1. The van der Waals surface area contributed by atoms with E-state index in [0.717, 1.165) is 16.8 Å². The molecule has 2 aromatic carbocycles. The predicted octanol–water partition coefficient (Wildman–Crippen LogP) is 5.21. The molecule has 1 atom stereocenters. The Morgan fingerprint density at radius 2 is 1.81 bits per heavy atom. The van der Waals surface area contributed by atoms with Gasteiger partial charge in [-0.2, -0.15) is 5.10 Å². The molecule has 3 heterocycles. The van der Waals surface area contributed by atoms with Gasteiger partial charge in [0.15, 0.2) is 0 Å². The van der Waals surface area contributed by atoms with Gasteiger partial charge < -0.3 is 4.42 Å². The van der Waals surface area contributed by atoms with E-state index in [4.69, 9.17) is 9.52 Å². The molecular weight excluding hydrogens is 356 g/mol. The van der Waals surface area contributed by atoms with Crippen LogP contribution in [0.4, 0.5) is 5.69 Å². The summed E-state index contributed by atoms with van der Waals surface area (Å²) in [5.74, 6) is 0. The quantitative estimate of drug-likeness (QED) is 0.464. The molecule has 0 amide bonds. The number of rotatable bonds is 3. The smallest absolute Gasteiger partial charge is 0.345 e. The van der Waals surface area contributed by atoms with E-state index in [1.165, 1.54) is 4.88 Å². The molecule has 0 fully saturated rings. The number of hydrogen-bond donors (Lipinski definition) is 0. The van der Waals surface area contributed by atoms with Gasteiger partial charge in [-0.3, -0.25) is 5.01 Å². The van der Waals surface area contributed by atoms with Crippen molar-refractivity contribution in [2.45, 2.75) is 12.5 Å². The molecule has 4 nitrogen and oxygen atoms in total. The molecular formula is C22H16N2O2S. The van der Waals surface area contributed by atoms with Gasteiger partial charge >= 0.3 is 5.63 Å². The molecule has 5 rings (SSSR count). The third-order valence-corrected chi connectivity index (χ3v) is 5.73. The monoisotopic (exact) mass is 372 g/mol. The summed E-state index contributed by atoms with van der Waals surface area (Å²) < 4.78 is 5.52. The van der Waals surface area contributed by atoms with Crippen LogP contribution in [0.15, 0.2) is 92.5 Å². The fraction of sp³-hybridized carbons (Fsp3) is 0.0909. The Kier molecular flexibility index (Phi) is 3.87. The minimum absolute atomic E-state index is 0.0771. The van der Waals surface area contributed by atoms with E-state index in [1.54, 1.807) is 11.3 Å². The van der Waals surface area contributed by atoms with Gasteiger partial charge in [-0.05, 0) is 35.7 Å². The molecule has 27 heavy (non-hydrogen) atoms. The number of benzene rings is 2. The molecule has 0 radical (unpaired) electrons. The predicted molar refractivity (Wildman–Crippen MR) is 110 cm³/mol. The first kappa shape index (κ1) is 16.0. The number of hydrazone groups is 1. The van der Waals surface area contributed by atoms with Crippen LogP contribution in [0.5, 0.6) is 0 Å². The topological polar surface area (TPSA) is 45.8 Å². The van der Waals surface area contributed by atoms with Crippen molar-refractivity contribution in [1.82, 2.24) is 0 Å². The van der Waals surface area contributed by atoms with Gasteiger partial charge in [0.1, 0.15) is 5.58 Å². The first-order valence-electron chi connectivity index (χ1n) is 8.78. The normalized spacial score (nSPS) is 16.7. The van der Waals surface area contributed by atoms with E-state index >= 15 is 0 Å². The van der Waals surface area contributed by atoms with Crippen molar-refractivity contribution in [3.8, 4) is 0 Å². The van der Waals surface area contributed by atoms with Crippen molar-refractivity contribution in [2.24, 2.45) is 5.10 Å². The van der Waals surface area contributed by atoms with Gasteiger partial charge in [0.2, 0.25) is 0 Å². The molecule has 1 aliphatic heterocycles. The highest BCUT2D eigenvalue weighted by Crippen LogP contribution is 2.38. The number of thiophene rings is 1. The second kappa shape index (κ2) is 6.52. The molecule has 0 saturated heterocycles. The van der Waals surface area contributed by atoms with Gasteiger partial charge in [0, 0.05) is 16.7 Å². The van der Waals surface area contributed by atoms with Crippen LogP contribution in [-0.4, -0.2) is 5.71 Å². The highest BCUT2D eigenvalue weighted by molar-refractivity contribution is 7.10. The highest BCUT2D eigenvalue weighted by atomic mass is 32.1. The van der Waals surface area contributed by atoms with E-state index in [2.05, 4.69) is 11.4 Å². The molecule has 0 spiro atoms. The summed E-state index contributed by atoms with van der Waals surface area (Å²) in [6, 6.07) is 23.7. The number of nitrogens with zero attached hydrogens (tertiary/aromatic N) is 2. The maximum absolute atomic E-state index is 12.6. The van der Waals surface area contributed by atoms with Crippen molar-refractivity contribution in [3.05, 3.63) is 99.0 Å². The van der Waals surface area contributed by atoms with Crippen LogP contribution in [-0.2, 0) is 0 Å². The number of anilines is 1. The molecule has 2 aromatic heterocycles. The van der Waals surface area contributed by atoms with Gasteiger partial charge in [-0.25, -0.2) is 4.79 Å². The van der Waals surface area contributed by atoms with E-state index < -0.39 is 0 Å². The van der Waals surface area contributed by atoms with Crippen LogP contribution in [0.3, 0.4) is 0 Å². The Hall–Kier alpha value is -3.18. The van der Waals surface area contributed by atoms with E-state index in [-0.39, 0.29) is 11.7 Å². The molecule has 0 bridgehead atoms. The average molecular weight is 372 g/mol. The van der Waals surface area contributed by atoms with Crippen molar-refractivity contribution < 1.29 is 4.42 Å². The maximum Gasteiger partial charge on any atom is 0.345 e. The van der Waals surface area contributed by atoms with Crippen LogP contribution in [0, 0.1) is 0 Å². The fourth-order valence-electron chi connectivity index (χ4n) is 3.46. The van der Waals surface area contributed by atoms with E-state index in [1.807, 2.05) is 71.7 Å². The summed E-state index contributed by atoms with van der Waals surface area (Å²) in [7, 11) is 0. The van der Waals surface area contributed by atoms with Gasteiger partial charge in [-0.15, -0.1) is 11.3 Å². The van der Waals surface area contributed by atoms with Crippen LogP contribution < -0.4 is 10.6 Å². The summed E-state index contributed by atoms with van der Waals surface area (Å²) in [6.07, 6.45) is 0.665. The first-order valence-corrected chi connectivity index (χ1v) is 9.66. The summed E-state index contributed by atoms with van der Waals surface area (Å²) in [5, 5.41) is 9.81. The third kappa shape index (κ3) is 2.86. The Balaban J connectivity index is 1.62. The van der Waals surface area contributed by atoms with Gasteiger partial charge in [0.05, 0.1) is 23.0 Å². The zero-order valence-electron chi connectivity index (χ0n) is 14.4. The lowest BCUT2D eigenvalue weighted by molar-refractivity contribution is 0.559.